The molecular formula is C11H7N3O. The van der Waals surface area contributed by atoms with E-state index >= 15 is 0 Å². The Hall–Kier alpha value is -2.41. The van der Waals surface area contributed by atoms with Crippen molar-refractivity contribution in [3.63, 3.8) is 0 Å². The van der Waals surface area contributed by atoms with Gasteiger partial charge >= 0.3 is 0 Å². The Kier molecular flexibility index (Phi) is 2.07. The van der Waals surface area contributed by atoms with Crippen molar-refractivity contribution in [1.82, 2.24) is 9.97 Å². The second-order valence-corrected chi connectivity index (χ2v) is 2.99. The number of para-hydroxylation sites is 1. The van der Waals surface area contributed by atoms with E-state index in [4.69, 9.17) is 6.57 Å². The van der Waals surface area contributed by atoms with Crippen LogP contribution in [0.2, 0.25) is 0 Å². The predicted molar refractivity (Wildman–Crippen MR) is 58.0 cm³/mol. The van der Waals surface area contributed by atoms with Crippen LogP contribution in [0.25, 0.3) is 21.4 Å². The van der Waals surface area contributed by atoms with Gasteiger partial charge in [-0.25, -0.2) is 9.83 Å². The summed E-state index contributed by atoms with van der Waals surface area (Å²) in [4.78, 5) is 21.4. The van der Waals surface area contributed by atoms with Crippen LogP contribution in [0.5, 0.6) is 0 Å². The van der Waals surface area contributed by atoms with Crippen molar-refractivity contribution in [3.8, 4) is 0 Å². The zero-order valence-electron chi connectivity index (χ0n) is 7.82. The molecule has 0 bridgehead atoms. The van der Waals surface area contributed by atoms with Crippen LogP contribution in [0.1, 0.15) is 5.82 Å². The van der Waals surface area contributed by atoms with Crippen molar-refractivity contribution in [3.05, 3.63) is 58.4 Å². The van der Waals surface area contributed by atoms with Crippen molar-refractivity contribution >= 4 is 16.6 Å². The summed E-state index contributed by atoms with van der Waals surface area (Å²) in [5, 5.41) is 0.513. The quantitative estimate of drug-likeness (QED) is 0.709. The molecule has 0 aliphatic heterocycles. The summed E-state index contributed by atoms with van der Waals surface area (Å²) in [6, 6.07) is 6.97. The third-order valence-electron chi connectivity index (χ3n) is 2.02. The lowest BCUT2D eigenvalue weighted by atomic mass is 10.2. The van der Waals surface area contributed by atoms with Crippen LogP contribution in [-0.2, 0) is 0 Å². The Morgan fingerprint density at radius 2 is 2.20 bits per heavy atom. The molecule has 2 aromatic rings. The lowest BCUT2D eigenvalue weighted by Crippen LogP contribution is -2.10. The molecule has 15 heavy (non-hydrogen) atoms. The number of hydrogen-bond acceptors (Lipinski definition) is 2. The van der Waals surface area contributed by atoms with Crippen LogP contribution in [-0.4, -0.2) is 9.97 Å². The summed E-state index contributed by atoms with van der Waals surface area (Å²) < 4.78 is 0. The van der Waals surface area contributed by atoms with Gasteiger partial charge in [0.25, 0.3) is 5.56 Å². The molecule has 1 heterocycles. The second-order valence-electron chi connectivity index (χ2n) is 2.99. The van der Waals surface area contributed by atoms with Crippen molar-refractivity contribution in [2.45, 2.75) is 0 Å². The monoisotopic (exact) mass is 197 g/mol. The number of hydrogen-bond donors (Lipinski definition) is 1. The number of H-pyrrole nitrogens is 1. The minimum atomic E-state index is -0.250. The Balaban J connectivity index is 2.80. The number of fused-ring (bicyclic) bond motifs is 1. The molecule has 4 nitrogen and oxygen atoms in total. The van der Waals surface area contributed by atoms with Crippen LogP contribution in [0.4, 0.5) is 0 Å². The summed E-state index contributed by atoms with van der Waals surface area (Å²) in [6.07, 6.45) is 0. The van der Waals surface area contributed by atoms with Gasteiger partial charge in [0.1, 0.15) is 5.82 Å². The molecule has 1 aromatic carbocycles. The van der Waals surface area contributed by atoms with Crippen LogP contribution in [0, 0.1) is 6.57 Å². The molecule has 1 N–H and O–H groups in total. The summed E-state index contributed by atoms with van der Waals surface area (Å²) in [7, 11) is 0. The van der Waals surface area contributed by atoms with E-state index in [2.05, 4.69) is 21.4 Å². The number of benzene rings is 1. The number of aromatic nitrogens is 2. The van der Waals surface area contributed by atoms with E-state index in [1.54, 1.807) is 24.3 Å². The first kappa shape index (κ1) is 9.16. The summed E-state index contributed by atoms with van der Waals surface area (Å²) in [5.41, 5.74) is 0.458. The van der Waals surface area contributed by atoms with E-state index in [9.17, 15) is 4.79 Å². The first-order valence-corrected chi connectivity index (χ1v) is 4.28. The summed E-state index contributed by atoms with van der Waals surface area (Å²) >= 11 is 0. The molecule has 0 amide bonds. The molecule has 0 aliphatic carbocycles. The van der Waals surface area contributed by atoms with Crippen molar-refractivity contribution < 1.29 is 0 Å². The largest absolute Gasteiger partial charge is 0.315 e. The molecule has 0 saturated heterocycles. The fraction of sp³-hybridized carbons (Fsp3) is 0. The topological polar surface area (TPSA) is 50.1 Å². The Bertz CT molecular complexity index is 634. The number of rotatable bonds is 1. The lowest BCUT2D eigenvalue weighted by Gasteiger charge is -1.99. The van der Waals surface area contributed by atoms with Crippen LogP contribution < -0.4 is 5.56 Å². The SMILES string of the molecule is [C-]#[N+]C(=C)c1nc2ccccc2c(=O)[nH]1. The van der Waals surface area contributed by atoms with Crippen molar-refractivity contribution in [2.75, 3.05) is 0 Å². The molecule has 1 aromatic heterocycles. The Morgan fingerprint density at radius 3 is 2.93 bits per heavy atom. The fourth-order valence-electron chi connectivity index (χ4n) is 1.28. The number of nitrogens with zero attached hydrogens (tertiary/aromatic N) is 2. The van der Waals surface area contributed by atoms with Crippen LogP contribution in [0.15, 0.2) is 35.6 Å². The van der Waals surface area contributed by atoms with E-state index in [1.807, 2.05) is 0 Å². The zero-order valence-corrected chi connectivity index (χ0v) is 7.82. The highest BCUT2D eigenvalue weighted by molar-refractivity contribution is 5.79. The number of nitrogens with one attached hydrogen (secondary N) is 1. The van der Waals surface area contributed by atoms with Gasteiger partial charge in [-0.1, -0.05) is 18.7 Å². The summed E-state index contributed by atoms with van der Waals surface area (Å²) in [6.45, 7) is 10.3. The highest BCUT2D eigenvalue weighted by Gasteiger charge is 2.05. The van der Waals surface area contributed by atoms with E-state index in [-0.39, 0.29) is 17.1 Å². The Labute approximate surface area is 85.7 Å². The molecule has 0 radical (unpaired) electrons. The molecule has 0 spiro atoms. The van der Waals surface area contributed by atoms with Gasteiger partial charge in [-0.15, -0.1) is 0 Å². The molecule has 0 fully saturated rings. The van der Waals surface area contributed by atoms with Gasteiger partial charge in [-0.05, 0) is 12.1 Å². The average molecular weight is 197 g/mol. The maximum absolute atomic E-state index is 11.6. The maximum Gasteiger partial charge on any atom is 0.258 e. The van der Waals surface area contributed by atoms with E-state index in [0.29, 0.717) is 10.9 Å². The molecule has 2 rings (SSSR count). The standard InChI is InChI=1S/C11H7N3O/c1-7(12-2)10-13-9-6-4-3-5-8(9)11(15)14-10/h3-6H,1H2,(H,13,14,15). The third kappa shape index (κ3) is 1.51. The zero-order chi connectivity index (χ0) is 10.8. The fourth-order valence-corrected chi connectivity index (χ4v) is 1.28. The molecule has 0 atom stereocenters. The van der Waals surface area contributed by atoms with E-state index in [0.717, 1.165) is 0 Å². The normalized spacial score (nSPS) is 9.80. The highest BCUT2D eigenvalue weighted by atomic mass is 16.1. The molecular weight excluding hydrogens is 190 g/mol. The predicted octanol–water partition coefficient (Wildman–Crippen LogP) is 1.81. The lowest BCUT2D eigenvalue weighted by molar-refractivity contribution is 1.13. The smallest absolute Gasteiger partial charge is 0.258 e. The Morgan fingerprint density at radius 1 is 1.47 bits per heavy atom. The molecule has 72 valence electrons. The molecule has 4 heteroatoms. The highest BCUT2D eigenvalue weighted by Crippen LogP contribution is 2.10. The molecule has 0 unspecified atom stereocenters. The second kappa shape index (κ2) is 3.39. The van der Waals surface area contributed by atoms with Gasteiger partial charge in [-0.3, -0.25) is 4.79 Å². The van der Waals surface area contributed by atoms with E-state index < -0.39 is 0 Å². The van der Waals surface area contributed by atoms with Gasteiger partial charge in [0.15, 0.2) is 0 Å². The minimum absolute atomic E-state index is 0.137. The molecule has 0 saturated carbocycles. The van der Waals surface area contributed by atoms with Crippen molar-refractivity contribution in [2.24, 2.45) is 0 Å². The first-order valence-electron chi connectivity index (χ1n) is 4.28. The first-order chi connectivity index (χ1) is 7.22. The van der Waals surface area contributed by atoms with Crippen LogP contribution >= 0.6 is 0 Å². The van der Waals surface area contributed by atoms with E-state index in [1.165, 1.54) is 0 Å². The van der Waals surface area contributed by atoms with Gasteiger partial charge in [0.2, 0.25) is 5.70 Å². The average Bonchev–Trinajstić information content (AvgIpc) is 2.28. The maximum atomic E-state index is 11.6. The van der Waals surface area contributed by atoms with Crippen LogP contribution in [0.3, 0.4) is 0 Å². The van der Waals surface area contributed by atoms with Crippen molar-refractivity contribution in [1.29, 1.82) is 0 Å². The van der Waals surface area contributed by atoms with Gasteiger partial charge < -0.3 is 4.98 Å². The number of aromatic amines is 1. The summed E-state index contributed by atoms with van der Waals surface area (Å²) in [5.74, 6) is 0.230. The van der Waals surface area contributed by atoms with Gasteiger partial charge in [-0.2, -0.15) is 0 Å². The van der Waals surface area contributed by atoms with Gasteiger partial charge in [0.05, 0.1) is 17.5 Å². The minimum Gasteiger partial charge on any atom is -0.315 e. The third-order valence-corrected chi connectivity index (χ3v) is 2.02. The van der Waals surface area contributed by atoms with Gasteiger partial charge in [0, 0.05) is 0 Å². The molecule has 0 aliphatic rings.